The van der Waals surface area contributed by atoms with E-state index in [4.69, 9.17) is 11.6 Å². The summed E-state index contributed by atoms with van der Waals surface area (Å²) in [7, 11) is 0. The Morgan fingerprint density at radius 2 is 2.11 bits per heavy atom. The van der Waals surface area contributed by atoms with Crippen LogP contribution in [0.25, 0.3) is 0 Å². The number of tetrazole rings is 1. The third kappa shape index (κ3) is 3.26. The number of benzene rings is 1. The molecule has 19 heavy (non-hydrogen) atoms. The Labute approximate surface area is 112 Å². The molecule has 0 fully saturated rings. The van der Waals surface area contributed by atoms with Crippen molar-refractivity contribution in [1.29, 1.82) is 0 Å². The maximum atomic E-state index is 11.6. The van der Waals surface area contributed by atoms with Gasteiger partial charge in [0, 0.05) is 12.6 Å². The highest BCUT2D eigenvalue weighted by Gasteiger charge is 2.11. The number of nitrogens with zero attached hydrogens (tertiary/aromatic N) is 3. The van der Waals surface area contributed by atoms with Crippen molar-refractivity contribution in [2.75, 3.05) is 10.6 Å². The van der Waals surface area contributed by atoms with Gasteiger partial charge in [0.25, 0.3) is 11.7 Å². The number of amides is 2. The molecule has 8 nitrogen and oxygen atoms in total. The van der Waals surface area contributed by atoms with Crippen LogP contribution in [0.5, 0.6) is 0 Å². The van der Waals surface area contributed by atoms with Crippen LogP contribution < -0.4 is 10.6 Å². The summed E-state index contributed by atoms with van der Waals surface area (Å²) in [6.45, 7) is 1.38. The SMILES string of the molecule is CC(=O)Nc1ccc(NC(=O)c2nn[nH]n2)cc1Cl. The van der Waals surface area contributed by atoms with Crippen LogP contribution in [0.4, 0.5) is 11.4 Å². The van der Waals surface area contributed by atoms with Crippen LogP contribution in [0.15, 0.2) is 18.2 Å². The Kier molecular flexibility index (Phi) is 3.71. The number of aromatic amines is 1. The second-order valence-corrected chi connectivity index (χ2v) is 3.97. The molecule has 2 aromatic rings. The van der Waals surface area contributed by atoms with Gasteiger partial charge in [0.1, 0.15) is 0 Å². The van der Waals surface area contributed by atoms with Crippen LogP contribution in [0, 0.1) is 0 Å². The molecule has 1 aromatic carbocycles. The minimum absolute atomic E-state index is 0.0814. The standard InChI is InChI=1S/C10H9ClN6O2/c1-5(18)12-8-3-2-6(4-7(8)11)13-10(19)9-14-16-17-15-9/h2-4H,1H3,(H,12,18)(H,13,19)(H,14,15,16,17). The quantitative estimate of drug-likeness (QED) is 0.778. The molecule has 9 heteroatoms. The fourth-order valence-corrected chi connectivity index (χ4v) is 1.56. The minimum atomic E-state index is -0.517. The molecule has 0 radical (unpaired) electrons. The first-order chi connectivity index (χ1) is 9.06. The second kappa shape index (κ2) is 5.44. The van der Waals surface area contributed by atoms with Gasteiger partial charge in [0.05, 0.1) is 10.7 Å². The zero-order valence-corrected chi connectivity index (χ0v) is 10.5. The minimum Gasteiger partial charge on any atom is -0.325 e. The fraction of sp³-hybridized carbons (Fsp3) is 0.100. The summed E-state index contributed by atoms with van der Waals surface area (Å²) < 4.78 is 0. The molecule has 0 saturated heterocycles. The molecule has 0 aliphatic carbocycles. The van der Waals surface area contributed by atoms with Crippen LogP contribution >= 0.6 is 11.6 Å². The van der Waals surface area contributed by atoms with Crippen molar-refractivity contribution in [3.8, 4) is 0 Å². The molecular formula is C10H9ClN6O2. The summed E-state index contributed by atoms with van der Waals surface area (Å²) in [5.41, 5.74) is 0.917. The van der Waals surface area contributed by atoms with Gasteiger partial charge in [0.2, 0.25) is 5.91 Å². The van der Waals surface area contributed by atoms with E-state index in [9.17, 15) is 9.59 Å². The van der Waals surface area contributed by atoms with E-state index in [-0.39, 0.29) is 11.7 Å². The summed E-state index contributed by atoms with van der Waals surface area (Å²) in [6.07, 6.45) is 0. The predicted octanol–water partition coefficient (Wildman–Crippen LogP) is 1.06. The monoisotopic (exact) mass is 280 g/mol. The van der Waals surface area contributed by atoms with Crippen LogP contribution in [-0.4, -0.2) is 32.4 Å². The average molecular weight is 281 g/mol. The molecule has 0 saturated carbocycles. The second-order valence-electron chi connectivity index (χ2n) is 3.57. The van der Waals surface area contributed by atoms with E-state index >= 15 is 0 Å². The summed E-state index contributed by atoms with van der Waals surface area (Å²) in [5, 5.41) is 17.9. The number of rotatable bonds is 3. The highest BCUT2D eigenvalue weighted by molar-refractivity contribution is 6.34. The van der Waals surface area contributed by atoms with E-state index in [0.29, 0.717) is 16.4 Å². The number of aromatic nitrogens is 4. The van der Waals surface area contributed by atoms with E-state index < -0.39 is 5.91 Å². The number of anilines is 2. The van der Waals surface area contributed by atoms with Gasteiger partial charge in [-0.15, -0.1) is 10.2 Å². The zero-order chi connectivity index (χ0) is 13.8. The fourth-order valence-electron chi connectivity index (χ4n) is 1.33. The summed E-state index contributed by atoms with van der Waals surface area (Å²) in [4.78, 5) is 22.6. The van der Waals surface area contributed by atoms with Gasteiger partial charge in [0.15, 0.2) is 0 Å². The molecule has 98 valence electrons. The lowest BCUT2D eigenvalue weighted by Crippen LogP contribution is -2.14. The molecule has 1 aromatic heterocycles. The largest absolute Gasteiger partial charge is 0.325 e. The highest BCUT2D eigenvalue weighted by Crippen LogP contribution is 2.25. The number of halogens is 1. The molecule has 3 N–H and O–H groups in total. The molecule has 1 heterocycles. The van der Waals surface area contributed by atoms with E-state index in [1.807, 2.05) is 0 Å². The van der Waals surface area contributed by atoms with Gasteiger partial charge in [-0.1, -0.05) is 11.6 Å². The number of carbonyl (C=O) groups is 2. The van der Waals surface area contributed by atoms with Crippen molar-refractivity contribution in [3.05, 3.63) is 29.0 Å². The molecular weight excluding hydrogens is 272 g/mol. The molecule has 0 atom stereocenters. The van der Waals surface area contributed by atoms with Gasteiger partial charge in [-0.2, -0.15) is 5.21 Å². The number of hydrogen-bond acceptors (Lipinski definition) is 5. The molecule has 0 spiro atoms. The summed E-state index contributed by atoms with van der Waals surface area (Å²) in [6, 6.07) is 4.68. The van der Waals surface area contributed by atoms with Crippen LogP contribution in [0.1, 0.15) is 17.5 Å². The van der Waals surface area contributed by atoms with Crippen molar-refractivity contribution < 1.29 is 9.59 Å². The van der Waals surface area contributed by atoms with Crippen molar-refractivity contribution in [2.45, 2.75) is 6.92 Å². The predicted molar refractivity (Wildman–Crippen MR) is 67.9 cm³/mol. The van der Waals surface area contributed by atoms with Gasteiger partial charge >= 0.3 is 0 Å². The first-order valence-corrected chi connectivity index (χ1v) is 5.56. The molecule has 0 unspecified atom stereocenters. The lowest BCUT2D eigenvalue weighted by molar-refractivity contribution is -0.114. The third-order valence-electron chi connectivity index (χ3n) is 2.09. The Balaban J connectivity index is 2.12. The molecule has 0 aliphatic rings. The van der Waals surface area contributed by atoms with Crippen LogP contribution in [0.3, 0.4) is 0 Å². The molecule has 0 aliphatic heterocycles. The Morgan fingerprint density at radius 1 is 1.32 bits per heavy atom. The van der Waals surface area contributed by atoms with Crippen molar-refractivity contribution >= 4 is 34.8 Å². The number of hydrogen-bond donors (Lipinski definition) is 3. The maximum Gasteiger partial charge on any atom is 0.297 e. The van der Waals surface area contributed by atoms with E-state index in [0.717, 1.165) is 0 Å². The Morgan fingerprint density at radius 3 is 2.68 bits per heavy atom. The van der Waals surface area contributed by atoms with Crippen molar-refractivity contribution in [2.24, 2.45) is 0 Å². The van der Waals surface area contributed by atoms with E-state index in [1.54, 1.807) is 12.1 Å². The number of carbonyl (C=O) groups excluding carboxylic acids is 2. The first kappa shape index (κ1) is 13.0. The molecule has 0 bridgehead atoms. The lowest BCUT2D eigenvalue weighted by Gasteiger charge is -2.07. The number of H-pyrrole nitrogens is 1. The third-order valence-corrected chi connectivity index (χ3v) is 2.40. The zero-order valence-electron chi connectivity index (χ0n) is 9.77. The highest BCUT2D eigenvalue weighted by atomic mass is 35.5. The normalized spacial score (nSPS) is 10.0. The van der Waals surface area contributed by atoms with Crippen molar-refractivity contribution in [1.82, 2.24) is 20.6 Å². The smallest absolute Gasteiger partial charge is 0.297 e. The van der Waals surface area contributed by atoms with Crippen molar-refractivity contribution in [3.63, 3.8) is 0 Å². The van der Waals surface area contributed by atoms with Crippen LogP contribution in [-0.2, 0) is 4.79 Å². The Hall–Kier alpha value is -2.48. The number of nitrogens with one attached hydrogen (secondary N) is 3. The summed E-state index contributed by atoms with van der Waals surface area (Å²) >= 11 is 5.97. The average Bonchev–Trinajstić information content (AvgIpc) is 2.86. The maximum absolute atomic E-state index is 11.6. The molecule has 2 rings (SSSR count). The van der Waals surface area contributed by atoms with Crippen LogP contribution in [0.2, 0.25) is 5.02 Å². The van der Waals surface area contributed by atoms with Gasteiger partial charge in [-0.25, -0.2) is 0 Å². The van der Waals surface area contributed by atoms with Gasteiger partial charge < -0.3 is 10.6 Å². The van der Waals surface area contributed by atoms with E-state index in [1.165, 1.54) is 13.0 Å². The Bertz CT molecular complexity index is 612. The first-order valence-electron chi connectivity index (χ1n) is 5.18. The molecule has 2 amide bonds. The van der Waals surface area contributed by atoms with Gasteiger partial charge in [-0.3, -0.25) is 9.59 Å². The lowest BCUT2D eigenvalue weighted by atomic mass is 10.2. The summed E-state index contributed by atoms with van der Waals surface area (Å²) in [5.74, 6) is -0.829. The van der Waals surface area contributed by atoms with E-state index in [2.05, 4.69) is 31.3 Å². The topological polar surface area (TPSA) is 113 Å². The van der Waals surface area contributed by atoms with Gasteiger partial charge in [-0.05, 0) is 23.4 Å².